The van der Waals surface area contributed by atoms with Crippen LogP contribution in [0.15, 0.2) is 48.5 Å². The van der Waals surface area contributed by atoms with Gasteiger partial charge in [0.25, 0.3) is 5.91 Å². The number of carbonyl (C=O) groups is 3. The SMILES string of the molecule is O=C(O)CCC(=O)Nc1cccc(C(=O)Nc2ccc(F)cc2)c1. The second-order valence-corrected chi connectivity index (χ2v) is 4.98. The lowest BCUT2D eigenvalue weighted by atomic mass is 10.1. The van der Waals surface area contributed by atoms with Crippen LogP contribution in [0, 0.1) is 5.82 Å². The largest absolute Gasteiger partial charge is 0.481 e. The Morgan fingerprint density at radius 2 is 1.62 bits per heavy atom. The summed E-state index contributed by atoms with van der Waals surface area (Å²) in [7, 11) is 0. The molecule has 0 aromatic heterocycles. The van der Waals surface area contributed by atoms with Gasteiger partial charge in [0, 0.05) is 23.4 Å². The lowest BCUT2D eigenvalue weighted by Gasteiger charge is -2.08. The Morgan fingerprint density at radius 3 is 2.29 bits per heavy atom. The highest BCUT2D eigenvalue weighted by Gasteiger charge is 2.09. The first-order valence-corrected chi connectivity index (χ1v) is 7.12. The van der Waals surface area contributed by atoms with E-state index in [1.807, 2.05) is 0 Å². The van der Waals surface area contributed by atoms with Gasteiger partial charge in [-0.1, -0.05) is 6.07 Å². The predicted molar refractivity (Wildman–Crippen MR) is 86.3 cm³/mol. The molecule has 2 aromatic rings. The fraction of sp³-hybridized carbons (Fsp3) is 0.118. The van der Waals surface area contributed by atoms with Gasteiger partial charge in [-0.3, -0.25) is 14.4 Å². The van der Waals surface area contributed by atoms with Crippen molar-refractivity contribution in [1.29, 1.82) is 0 Å². The molecule has 0 fully saturated rings. The van der Waals surface area contributed by atoms with Crippen LogP contribution in [-0.2, 0) is 9.59 Å². The number of anilines is 2. The fourth-order valence-electron chi connectivity index (χ4n) is 1.92. The first-order valence-electron chi connectivity index (χ1n) is 7.12. The second-order valence-electron chi connectivity index (χ2n) is 4.98. The van der Waals surface area contributed by atoms with E-state index in [2.05, 4.69) is 10.6 Å². The van der Waals surface area contributed by atoms with Crippen molar-refractivity contribution in [3.63, 3.8) is 0 Å². The molecule has 0 atom stereocenters. The minimum absolute atomic E-state index is 0.151. The van der Waals surface area contributed by atoms with Crippen molar-refractivity contribution in [2.45, 2.75) is 12.8 Å². The Morgan fingerprint density at radius 1 is 0.917 bits per heavy atom. The zero-order chi connectivity index (χ0) is 17.5. The lowest BCUT2D eigenvalue weighted by molar-refractivity contribution is -0.138. The number of carboxylic acids is 1. The minimum atomic E-state index is -1.06. The summed E-state index contributed by atoms with van der Waals surface area (Å²) >= 11 is 0. The first kappa shape index (κ1) is 17.1. The van der Waals surface area contributed by atoms with E-state index in [4.69, 9.17) is 5.11 Å². The molecule has 0 saturated heterocycles. The number of carboxylic acid groups (broad SMARTS) is 1. The van der Waals surface area contributed by atoms with Crippen molar-refractivity contribution in [3.05, 3.63) is 59.9 Å². The van der Waals surface area contributed by atoms with Gasteiger partial charge in [0.05, 0.1) is 6.42 Å². The van der Waals surface area contributed by atoms with E-state index in [-0.39, 0.29) is 12.8 Å². The number of halogens is 1. The third-order valence-corrected chi connectivity index (χ3v) is 3.08. The van der Waals surface area contributed by atoms with Gasteiger partial charge in [0.15, 0.2) is 0 Å². The van der Waals surface area contributed by atoms with Gasteiger partial charge in [-0.25, -0.2) is 4.39 Å². The molecule has 0 aliphatic heterocycles. The molecular weight excluding hydrogens is 315 g/mol. The van der Waals surface area contributed by atoms with Gasteiger partial charge in [0.2, 0.25) is 5.91 Å². The normalized spacial score (nSPS) is 10.0. The quantitative estimate of drug-likeness (QED) is 0.759. The molecular formula is C17H15FN2O4. The highest BCUT2D eigenvalue weighted by atomic mass is 19.1. The number of nitrogens with one attached hydrogen (secondary N) is 2. The molecule has 6 nitrogen and oxygen atoms in total. The van der Waals surface area contributed by atoms with Crippen molar-refractivity contribution < 1.29 is 23.9 Å². The highest BCUT2D eigenvalue weighted by Crippen LogP contribution is 2.14. The zero-order valence-corrected chi connectivity index (χ0v) is 12.6. The summed E-state index contributed by atoms with van der Waals surface area (Å²) in [6, 6.07) is 11.5. The molecule has 0 aliphatic rings. The van der Waals surface area contributed by atoms with Gasteiger partial charge in [-0.15, -0.1) is 0 Å². The number of hydrogen-bond donors (Lipinski definition) is 3. The van der Waals surface area contributed by atoms with Crippen molar-refractivity contribution in [2.24, 2.45) is 0 Å². The molecule has 2 aromatic carbocycles. The average molecular weight is 330 g/mol. The number of carbonyl (C=O) groups excluding carboxylic acids is 2. The fourth-order valence-corrected chi connectivity index (χ4v) is 1.92. The van der Waals surface area contributed by atoms with Gasteiger partial charge < -0.3 is 15.7 Å². The maximum absolute atomic E-state index is 12.8. The number of benzene rings is 2. The Balaban J connectivity index is 2.01. The number of aliphatic carboxylic acids is 1. The van der Waals surface area contributed by atoms with Gasteiger partial charge in [0.1, 0.15) is 5.82 Å². The summed E-state index contributed by atoms with van der Waals surface area (Å²) in [5, 5.41) is 13.7. The first-order chi connectivity index (χ1) is 11.4. The van der Waals surface area contributed by atoms with Crippen LogP contribution < -0.4 is 10.6 Å². The van der Waals surface area contributed by atoms with Crippen LogP contribution in [0.4, 0.5) is 15.8 Å². The van der Waals surface area contributed by atoms with Crippen molar-refractivity contribution in [3.8, 4) is 0 Å². The molecule has 0 bridgehead atoms. The van der Waals surface area contributed by atoms with Gasteiger partial charge in [-0.05, 0) is 42.5 Å². The van der Waals surface area contributed by atoms with Crippen LogP contribution >= 0.6 is 0 Å². The summed E-state index contributed by atoms with van der Waals surface area (Å²) in [4.78, 5) is 34.2. The van der Waals surface area contributed by atoms with E-state index >= 15 is 0 Å². The minimum Gasteiger partial charge on any atom is -0.481 e. The number of amides is 2. The second kappa shape index (κ2) is 7.87. The van der Waals surface area contributed by atoms with Crippen LogP contribution in [0.3, 0.4) is 0 Å². The van der Waals surface area contributed by atoms with Crippen molar-refractivity contribution >= 4 is 29.2 Å². The highest BCUT2D eigenvalue weighted by molar-refractivity contribution is 6.05. The molecule has 24 heavy (non-hydrogen) atoms. The molecule has 0 aliphatic carbocycles. The summed E-state index contributed by atoms with van der Waals surface area (Å²) < 4.78 is 12.8. The zero-order valence-electron chi connectivity index (χ0n) is 12.6. The smallest absolute Gasteiger partial charge is 0.303 e. The molecule has 0 heterocycles. The summed E-state index contributed by atoms with van der Waals surface area (Å²) in [5.41, 5.74) is 1.13. The van der Waals surface area contributed by atoms with Crippen LogP contribution in [0.2, 0.25) is 0 Å². The summed E-state index contributed by atoms with van der Waals surface area (Å²) in [6.07, 6.45) is -0.419. The van der Waals surface area contributed by atoms with Gasteiger partial charge in [-0.2, -0.15) is 0 Å². The van der Waals surface area contributed by atoms with Crippen LogP contribution in [0.25, 0.3) is 0 Å². The van der Waals surface area contributed by atoms with Crippen molar-refractivity contribution in [2.75, 3.05) is 10.6 Å². The number of rotatable bonds is 6. The Hall–Kier alpha value is -3.22. The van der Waals surface area contributed by atoms with E-state index < -0.39 is 23.6 Å². The van der Waals surface area contributed by atoms with Crippen LogP contribution in [0.5, 0.6) is 0 Å². The average Bonchev–Trinajstić information content (AvgIpc) is 2.55. The standard InChI is InChI=1S/C17H15FN2O4/c18-12-4-6-13(7-5-12)20-17(24)11-2-1-3-14(10-11)19-15(21)8-9-16(22)23/h1-7,10H,8-9H2,(H,19,21)(H,20,24)(H,22,23). The summed E-state index contributed by atoms with van der Waals surface area (Å²) in [5.74, 6) is -2.33. The third kappa shape index (κ3) is 5.20. The Labute approximate surface area is 137 Å². The monoisotopic (exact) mass is 330 g/mol. The maximum Gasteiger partial charge on any atom is 0.303 e. The van der Waals surface area contributed by atoms with E-state index in [0.717, 1.165) is 0 Å². The molecule has 7 heteroatoms. The molecule has 3 N–H and O–H groups in total. The molecule has 0 spiro atoms. The molecule has 0 radical (unpaired) electrons. The molecule has 2 rings (SSSR count). The topological polar surface area (TPSA) is 95.5 Å². The van der Waals surface area contributed by atoms with E-state index in [0.29, 0.717) is 16.9 Å². The lowest BCUT2D eigenvalue weighted by Crippen LogP contribution is -2.15. The molecule has 0 unspecified atom stereocenters. The van der Waals surface area contributed by atoms with E-state index in [1.165, 1.54) is 30.3 Å². The Bertz CT molecular complexity index is 759. The van der Waals surface area contributed by atoms with Crippen LogP contribution in [-0.4, -0.2) is 22.9 Å². The van der Waals surface area contributed by atoms with E-state index in [9.17, 15) is 18.8 Å². The van der Waals surface area contributed by atoms with Gasteiger partial charge >= 0.3 is 5.97 Å². The Kier molecular flexibility index (Phi) is 5.62. The predicted octanol–water partition coefficient (Wildman–Crippen LogP) is 2.88. The van der Waals surface area contributed by atoms with Crippen LogP contribution in [0.1, 0.15) is 23.2 Å². The maximum atomic E-state index is 12.8. The number of hydrogen-bond acceptors (Lipinski definition) is 3. The third-order valence-electron chi connectivity index (χ3n) is 3.08. The van der Waals surface area contributed by atoms with E-state index in [1.54, 1.807) is 18.2 Å². The molecule has 124 valence electrons. The molecule has 2 amide bonds. The van der Waals surface area contributed by atoms with Crippen molar-refractivity contribution in [1.82, 2.24) is 0 Å². The summed E-state index contributed by atoms with van der Waals surface area (Å²) in [6.45, 7) is 0. The molecule has 0 saturated carbocycles.